The maximum atomic E-state index is 13.1. The first-order valence-corrected chi connectivity index (χ1v) is 7.03. The molecule has 0 radical (unpaired) electrons. The number of aryl methyl sites for hydroxylation is 2. The van der Waals surface area contributed by atoms with Crippen LogP contribution in [-0.2, 0) is 0 Å². The van der Waals surface area contributed by atoms with Gasteiger partial charge >= 0.3 is 0 Å². The van der Waals surface area contributed by atoms with E-state index in [1.807, 2.05) is 13.8 Å². The first-order chi connectivity index (χ1) is 10.1. The number of hydrogen-bond donors (Lipinski definition) is 0. The molecular formula is C14H11FN4OS. The average molecular weight is 302 g/mol. The van der Waals surface area contributed by atoms with Crippen LogP contribution in [0.15, 0.2) is 24.3 Å². The third-order valence-electron chi connectivity index (χ3n) is 3.12. The van der Waals surface area contributed by atoms with Gasteiger partial charge in [-0.25, -0.2) is 9.37 Å². The van der Waals surface area contributed by atoms with Gasteiger partial charge in [0.25, 0.3) is 0 Å². The Kier molecular flexibility index (Phi) is 3.34. The Hall–Kier alpha value is -2.41. The first-order valence-electron chi connectivity index (χ1n) is 6.21. The van der Waals surface area contributed by atoms with Crippen LogP contribution in [0.25, 0.3) is 16.4 Å². The fourth-order valence-corrected chi connectivity index (χ4v) is 2.80. The molecular weight excluding hydrogens is 291 g/mol. The minimum absolute atomic E-state index is 0.201. The predicted molar refractivity (Wildman–Crippen MR) is 77.3 cm³/mol. The highest BCUT2D eigenvalue weighted by molar-refractivity contribution is 7.14. The molecule has 0 aliphatic carbocycles. The minimum Gasteiger partial charge on any atom is -0.296 e. The van der Waals surface area contributed by atoms with Crippen LogP contribution in [0.2, 0.25) is 0 Å². The molecule has 2 heterocycles. The van der Waals surface area contributed by atoms with Crippen LogP contribution in [0.4, 0.5) is 4.39 Å². The van der Waals surface area contributed by atoms with Gasteiger partial charge < -0.3 is 0 Å². The van der Waals surface area contributed by atoms with Crippen LogP contribution in [0, 0.1) is 19.7 Å². The third kappa shape index (κ3) is 2.36. The number of carbonyl (C=O) groups is 1. The molecule has 3 rings (SSSR count). The van der Waals surface area contributed by atoms with Gasteiger partial charge in [0.1, 0.15) is 11.5 Å². The molecule has 0 aliphatic rings. The largest absolute Gasteiger partial charge is 0.296 e. The molecule has 0 bridgehead atoms. The molecule has 0 N–H and O–H groups in total. The highest BCUT2D eigenvalue weighted by Gasteiger charge is 2.18. The van der Waals surface area contributed by atoms with Crippen molar-refractivity contribution in [1.29, 1.82) is 0 Å². The van der Waals surface area contributed by atoms with Gasteiger partial charge in [-0.05, 0) is 38.1 Å². The van der Waals surface area contributed by atoms with Crippen LogP contribution < -0.4 is 0 Å². The van der Waals surface area contributed by atoms with Gasteiger partial charge in [-0.15, -0.1) is 5.10 Å². The zero-order chi connectivity index (χ0) is 15.0. The summed E-state index contributed by atoms with van der Waals surface area (Å²) < 4.78 is 14.6. The molecule has 0 saturated heterocycles. The second-order valence-electron chi connectivity index (χ2n) is 4.50. The summed E-state index contributed by atoms with van der Waals surface area (Å²) in [5.74, 6) is -0.341. The molecule has 0 aliphatic heterocycles. The zero-order valence-electron chi connectivity index (χ0n) is 11.4. The number of aromatic nitrogens is 4. The summed E-state index contributed by atoms with van der Waals surface area (Å²) in [6.07, 6.45) is 0.634. The summed E-state index contributed by atoms with van der Waals surface area (Å²) in [6.45, 7) is 3.87. The Morgan fingerprint density at radius 2 is 1.95 bits per heavy atom. The molecule has 0 amide bonds. The monoisotopic (exact) mass is 302 g/mol. The fourth-order valence-electron chi connectivity index (χ4n) is 1.93. The van der Waals surface area contributed by atoms with Crippen molar-refractivity contribution in [3.63, 3.8) is 0 Å². The number of benzene rings is 1. The maximum Gasteiger partial charge on any atom is 0.212 e. The summed E-state index contributed by atoms with van der Waals surface area (Å²) in [5.41, 5.74) is 2.28. The number of aldehydes is 1. The maximum absolute atomic E-state index is 13.1. The minimum atomic E-state index is -0.341. The highest BCUT2D eigenvalue weighted by Crippen LogP contribution is 2.27. The van der Waals surface area contributed by atoms with Gasteiger partial charge in [0.2, 0.25) is 5.13 Å². The van der Waals surface area contributed by atoms with E-state index in [0.29, 0.717) is 22.7 Å². The summed E-state index contributed by atoms with van der Waals surface area (Å²) >= 11 is 1.46. The average Bonchev–Trinajstić information content (AvgIpc) is 3.04. The van der Waals surface area contributed by atoms with E-state index in [9.17, 15) is 9.18 Å². The van der Waals surface area contributed by atoms with E-state index >= 15 is 0 Å². The molecule has 0 unspecified atom stereocenters. The number of rotatable bonds is 3. The van der Waals surface area contributed by atoms with Crippen molar-refractivity contribution < 1.29 is 9.18 Å². The standard InChI is InChI=1S/C14H11FN4OS/c1-8-9(2)21-14(16-8)19-13(12(7-20)17-18-19)10-3-5-11(15)6-4-10/h3-7H,1-2H3. The Morgan fingerprint density at radius 1 is 1.24 bits per heavy atom. The molecule has 106 valence electrons. The summed E-state index contributed by atoms with van der Waals surface area (Å²) in [4.78, 5) is 16.7. The van der Waals surface area contributed by atoms with Crippen molar-refractivity contribution >= 4 is 17.6 Å². The van der Waals surface area contributed by atoms with E-state index in [4.69, 9.17) is 0 Å². The molecule has 0 fully saturated rings. The third-order valence-corrected chi connectivity index (χ3v) is 4.17. The number of carbonyl (C=O) groups excluding carboxylic acids is 1. The van der Waals surface area contributed by atoms with Crippen molar-refractivity contribution in [3.05, 3.63) is 46.3 Å². The number of thiazole rings is 1. The van der Waals surface area contributed by atoms with Crippen LogP contribution in [-0.4, -0.2) is 26.3 Å². The van der Waals surface area contributed by atoms with Crippen molar-refractivity contribution in [2.75, 3.05) is 0 Å². The summed E-state index contributed by atoms with van der Waals surface area (Å²) in [6, 6.07) is 5.84. The number of halogens is 1. The molecule has 5 nitrogen and oxygen atoms in total. The fraction of sp³-hybridized carbons (Fsp3) is 0.143. The van der Waals surface area contributed by atoms with Crippen molar-refractivity contribution in [2.24, 2.45) is 0 Å². The van der Waals surface area contributed by atoms with Crippen LogP contribution in [0.1, 0.15) is 21.1 Å². The SMILES string of the molecule is Cc1nc(-n2nnc(C=O)c2-c2ccc(F)cc2)sc1C. The first kappa shape index (κ1) is 13.6. The second kappa shape index (κ2) is 5.17. The normalized spacial score (nSPS) is 10.8. The molecule has 0 atom stereocenters. The topological polar surface area (TPSA) is 60.7 Å². The second-order valence-corrected chi connectivity index (χ2v) is 5.68. The quantitative estimate of drug-likeness (QED) is 0.698. The van der Waals surface area contributed by atoms with E-state index in [0.717, 1.165) is 10.6 Å². The smallest absolute Gasteiger partial charge is 0.212 e. The number of nitrogens with zero attached hydrogens (tertiary/aromatic N) is 4. The Morgan fingerprint density at radius 3 is 2.52 bits per heavy atom. The van der Waals surface area contributed by atoms with E-state index in [-0.39, 0.29) is 11.5 Å². The molecule has 0 saturated carbocycles. The van der Waals surface area contributed by atoms with Gasteiger partial charge in [0.05, 0.1) is 5.69 Å². The molecule has 3 aromatic rings. The molecule has 2 aromatic heterocycles. The van der Waals surface area contributed by atoms with E-state index in [2.05, 4.69) is 15.3 Å². The van der Waals surface area contributed by atoms with Gasteiger partial charge in [0, 0.05) is 10.4 Å². The van der Waals surface area contributed by atoms with E-state index < -0.39 is 0 Å². The summed E-state index contributed by atoms with van der Waals surface area (Å²) in [5, 5.41) is 8.50. The Labute approximate surface area is 124 Å². The molecule has 7 heteroatoms. The van der Waals surface area contributed by atoms with E-state index in [1.54, 1.807) is 12.1 Å². The van der Waals surface area contributed by atoms with Crippen LogP contribution in [0.5, 0.6) is 0 Å². The lowest BCUT2D eigenvalue weighted by atomic mass is 10.1. The Balaban J connectivity index is 2.20. The van der Waals surface area contributed by atoms with Crippen molar-refractivity contribution in [3.8, 4) is 16.4 Å². The van der Waals surface area contributed by atoms with Gasteiger partial charge in [0.15, 0.2) is 12.0 Å². The lowest BCUT2D eigenvalue weighted by Crippen LogP contribution is -1.99. The molecule has 1 aromatic carbocycles. The van der Waals surface area contributed by atoms with Crippen molar-refractivity contribution in [2.45, 2.75) is 13.8 Å². The summed E-state index contributed by atoms with van der Waals surface area (Å²) in [7, 11) is 0. The van der Waals surface area contributed by atoms with Gasteiger partial charge in [-0.3, -0.25) is 4.79 Å². The lowest BCUT2D eigenvalue weighted by molar-refractivity contribution is 0.111. The van der Waals surface area contributed by atoms with Crippen molar-refractivity contribution in [1.82, 2.24) is 20.0 Å². The molecule has 21 heavy (non-hydrogen) atoms. The number of hydrogen-bond acceptors (Lipinski definition) is 5. The van der Waals surface area contributed by atoms with Crippen LogP contribution in [0.3, 0.4) is 0 Å². The molecule has 0 spiro atoms. The predicted octanol–water partition coefficient (Wildman–Crippen LogP) is 2.96. The lowest BCUT2D eigenvalue weighted by Gasteiger charge is -2.03. The van der Waals surface area contributed by atoms with E-state index in [1.165, 1.54) is 28.2 Å². The van der Waals surface area contributed by atoms with Gasteiger partial charge in [-0.1, -0.05) is 16.6 Å². The highest BCUT2D eigenvalue weighted by atomic mass is 32.1. The van der Waals surface area contributed by atoms with Gasteiger partial charge in [-0.2, -0.15) is 4.68 Å². The van der Waals surface area contributed by atoms with Crippen LogP contribution >= 0.6 is 11.3 Å². The zero-order valence-corrected chi connectivity index (χ0v) is 12.2. The Bertz CT molecular complexity index is 787.